The van der Waals surface area contributed by atoms with Gasteiger partial charge in [-0.2, -0.15) is 0 Å². The lowest BCUT2D eigenvalue weighted by Gasteiger charge is -2.05. The number of non-ortho nitro benzene ring substituents is 1. The van der Waals surface area contributed by atoms with Gasteiger partial charge >= 0.3 is 0 Å². The molecule has 0 unspecified atom stereocenters. The van der Waals surface area contributed by atoms with Crippen LogP contribution < -0.4 is 0 Å². The lowest BCUT2D eigenvalue weighted by molar-refractivity contribution is -0.456. The normalized spacial score (nSPS) is 11.4. The molecule has 0 saturated heterocycles. The van der Waals surface area contributed by atoms with Gasteiger partial charge in [-0.25, -0.2) is 4.74 Å². The minimum Gasteiger partial charge on any atom is -0.624 e. The predicted octanol–water partition coefficient (Wildman–Crippen LogP) is 2.74. The molecule has 22 heavy (non-hydrogen) atoms. The molecule has 0 aliphatic heterocycles. The van der Waals surface area contributed by atoms with E-state index in [1.54, 1.807) is 0 Å². The number of nitro groups is 1. The highest BCUT2D eigenvalue weighted by molar-refractivity contribution is 5.76. The maximum absolute atomic E-state index is 11.7. The Bertz CT molecular complexity index is 639. The third-order valence-corrected chi connectivity index (χ3v) is 2.96. The van der Waals surface area contributed by atoms with Gasteiger partial charge in [-0.05, 0) is 17.7 Å². The Kier molecular flexibility index (Phi) is 5.62. The molecule has 0 N–H and O–H groups in total. The van der Waals surface area contributed by atoms with E-state index in [9.17, 15) is 15.3 Å². The van der Waals surface area contributed by atoms with Crippen molar-refractivity contribution in [2.24, 2.45) is 0 Å². The summed E-state index contributed by atoms with van der Waals surface area (Å²) < 4.78 is 6.18. The van der Waals surface area contributed by atoms with E-state index < -0.39 is 4.92 Å². The number of nitro benzene ring substituents is 1. The highest BCUT2D eigenvalue weighted by Crippen LogP contribution is 2.10. The highest BCUT2D eigenvalue weighted by atomic mass is 16.6. The molecular formula is C16H16N2O4. The van der Waals surface area contributed by atoms with Crippen molar-refractivity contribution in [2.75, 3.05) is 13.2 Å². The third kappa shape index (κ3) is 4.99. The maximum atomic E-state index is 11.7. The van der Waals surface area contributed by atoms with Crippen LogP contribution in [0.5, 0.6) is 0 Å². The van der Waals surface area contributed by atoms with Gasteiger partial charge in [0.2, 0.25) is 0 Å². The van der Waals surface area contributed by atoms with Gasteiger partial charge in [0.25, 0.3) is 5.69 Å². The molecule has 0 spiro atoms. The van der Waals surface area contributed by atoms with Crippen molar-refractivity contribution in [1.82, 2.24) is 0 Å². The second-order valence-electron chi connectivity index (χ2n) is 4.66. The summed E-state index contributed by atoms with van der Waals surface area (Å²) in [4.78, 5) is 10.1. The molecule has 0 amide bonds. The molecule has 114 valence electrons. The number of rotatable bonds is 7. The van der Waals surface area contributed by atoms with Crippen molar-refractivity contribution in [3.05, 3.63) is 81.0 Å². The Hall–Kier alpha value is -2.73. The van der Waals surface area contributed by atoms with Crippen molar-refractivity contribution in [3.8, 4) is 0 Å². The predicted molar refractivity (Wildman–Crippen MR) is 82.9 cm³/mol. The van der Waals surface area contributed by atoms with E-state index in [-0.39, 0.29) is 12.2 Å². The van der Waals surface area contributed by atoms with Crippen molar-refractivity contribution in [1.29, 1.82) is 0 Å². The van der Waals surface area contributed by atoms with Crippen LogP contribution in [0.2, 0.25) is 0 Å². The van der Waals surface area contributed by atoms with E-state index in [1.165, 1.54) is 30.5 Å². The molecule has 6 heteroatoms. The van der Waals surface area contributed by atoms with Gasteiger partial charge < -0.3 is 9.94 Å². The van der Waals surface area contributed by atoms with E-state index >= 15 is 0 Å². The number of benzene rings is 2. The summed E-state index contributed by atoms with van der Waals surface area (Å²) in [5.74, 6) is 0. The quantitative estimate of drug-likeness (QED) is 0.197. The molecule has 0 atom stereocenters. The first-order valence-corrected chi connectivity index (χ1v) is 6.80. The standard InChI is InChI=1S/C16H16N2O4/c19-17(10-11-22-13-15-4-2-1-3-5-15)12-14-6-8-16(9-7-14)18(20)21/h1-9,12H,10-11,13H2/b17-12-. The van der Waals surface area contributed by atoms with Gasteiger partial charge in [-0.15, -0.1) is 0 Å². The summed E-state index contributed by atoms with van der Waals surface area (Å²) in [6, 6.07) is 15.5. The Balaban J connectivity index is 1.78. The summed E-state index contributed by atoms with van der Waals surface area (Å²) in [7, 11) is 0. The van der Waals surface area contributed by atoms with Gasteiger partial charge in [0.05, 0.1) is 11.5 Å². The fourth-order valence-electron chi connectivity index (χ4n) is 1.83. The number of hydrogen-bond donors (Lipinski definition) is 0. The molecule has 0 bridgehead atoms. The zero-order valence-electron chi connectivity index (χ0n) is 11.9. The Morgan fingerprint density at radius 3 is 2.32 bits per heavy atom. The minimum atomic E-state index is -0.476. The van der Waals surface area contributed by atoms with Crippen LogP contribution in [0.15, 0.2) is 54.6 Å². The van der Waals surface area contributed by atoms with Gasteiger partial charge in [-0.3, -0.25) is 10.1 Å². The Morgan fingerprint density at radius 1 is 1.00 bits per heavy atom. The van der Waals surface area contributed by atoms with E-state index in [2.05, 4.69) is 0 Å². The van der Waals surface area contributed by atoms with Crippen molar-refractivity contribution < 1.29 is 14.4 Å². The van der Waals surface area contributed by atoms with Crippen LogP contribution >= 0.6 is 0 Å². The molecule has 0 radical (unpaired) electrons. The SMILES string of the molecule is O=[N+]([O-])c1ccc(/C=[N+](\[O-])CCOCc2ccccc2)cc1. The number of hydrogen-bond acceptors (Lipinski definition) is 4. The van der Waals surface area contributed by atoms with Gasteiger partial charge in [0.15, 0.2) is 12.8 Å². The number of ether oxygens (including phenoxy) is 1. The van der Waals surface area contributed by atoms with Crippen LogP contribution in [-0.4, -0.2) is 29.0 Å². The summed E-state index contributed by atoms with van der Waals surface area (Å²) in [5, 5.41) is 22.2. The van der Waals surface area contributed by atoms with Gasteiger partial charge in [-0.1, -0.05) is 30.3 Å². The molecule has 0 aliphatic rings. The monoisotopic (exact) mass is 300 g/mol. The van der Waals surface area contributed by atoms with Gasteiger partial charge in [0.1, 0.15) is 6.61 Å². The van der Waals surface area contributed by atoms with Crippen LogP contribution in [0.1, 0.15) is 11.1 Å². The molecule has 6 nitrogen and oxygen atoms in total. The average Bonchev–Trinajstić information content (AvgIpc) is 2.53. The van der Waals surface area contributed by atoms with Crippen LogP contribution in [0.3, 0.4) is 0 Å². The van der Waals surface area contributed by atoms with Crippen LogP contribution in [0.25, 0.3) is 0 Å². The Morgan fingerprint density at radius 2 is 1.68 bits per heavy atom. The summed E-state index contributed by atoms with van der Waals surface area (Å²) in [5.41, 5.74) is 1.67. The smallest absolute Gasteiger partial charge is 0.269 e. The maximum Gasteiger partial charge on any atom is 0.269 e. The zero-order chi connectivity index (χ0) is 15.8. The lowest BCUT2D eigenvalue weighted by atomic mass is 10.2. The first-order chi connectivity index (χ1) is 10.6. The van der Waals surface area contributed by atoms with E-state index in [1.807, 2.05) is 30.3 Å². The number of nitrogens with zero attached hydrogens (tertiary/aromatic N) is 2. The molecule has 0 fully saturated rings. The van der Waals surface area contributed by atoms with Crippen LogP contribution in [0.4, 0.5) is 5.69 Å². The molecule has 0 heterocycles. The van der Waals surface area contributed by atoms with Crippen LogP contribution in [0, 0.1) is 15.3 Å². The summed E-state index contributed by atoms with van der Waals surface area (Å²) >= 11 is 0. The second-order valence-corrected chi connectivity index (χ2v) is 4.66. The molecule has 0 saturated carbocycles. The molecule has 0 aromatic heterocycles. The Labute approximate surface area is 128 Å². The minimum absolute atomic E-state index is 0.000735. The van der Waals surface area contributed by atoms with Crippen molar-refractivity contribution >= 4 is 11.9 Å². The summed E-state index contributed by atoms with van der Waals surface area (Å²) in [6.45, 7) is 0.970. The molecule has 2 aromatic carbocycles. The fraction of sp³-hybridized carbons (Fsp3) is 0.188. The van der Waals surface area contributed by atoms with E-state index in [0.717, 1.165) is 10.3 Å². The molecule has 2 rings (SSSR count). The second kappa shape index (κ2) is 7.90. The van der Waals surface area contributed by atoms with E-state index in [4.69, 9.17) is 4.74 Å². The van der Waals surface area contributed by atoms with Gasteiger partial charge in [0, 0.05) is 17.7 Å². The average molecular weight is 300 g/mol. The third-order valence-electron chi connectivity index (χ3n) is 2.96. The number of hydroxylamine groups is 1. The van der Waals surface area contributed by atoms with Crippen LogP contribution in [-0.2, 0) is 11.3 Å². The lowest BCUT2D eigenvalue weighted by Crippen LogP contribution is -2.13. The van der Waals surface area contributed by atoms with Crippen molar-refractivity contribution in [2.45, 2.75) is 6.61 Å². The zero-order valence-corrected chi connectivity index (χ0v) is 11.9. The highest BCUT2D eigenvalue weighted by Gasteiger charge is 2.04. The summed E-state index contributed by atoms with van der Waals surface area (Å²) in [6.07, 6.45) is 1.38. The first-order valence-electron chi connectivity index (χ1n) is 6.80. The molecule has 2 aromatic rings. The first kappa shape index (κ1) is 15.7. The van der Waals surface area contributed by atoms with E-state index in [0.29, 0.717) is 18.8 Å². The molecule has 0 aliphatic carbocycles. The largest absolute Gasteiger partial charge is 0.624 e. The topological polar surface area (TPSA) is 78.4 Å². The fourth-order valence-corrected chi connectivity index (χ4v) is 1.83. The van der Waals surface area contributed by atoms with Crippen molar-refractivity contribution in [3.63, 3.8) is 0 Å². The molecular weight excluding hydrogens is 284 g/mol.